The van der Waals surface area contributed by atoms with Crippen molar-refractivity contribution in [2.75, 3.05) is 31.6 Å². The summed E-state index contributed by atoms with van der Waals surface area (Å²) in [4.78, 5) is 50.7. The number of aryl methyl sites for hydroxylation is 1. The summed E-state index contributed by atoms with van der Waals surface area (Å²) in [5, 5.41) is 14.3. The monoisotopic (exact) mass is 483 g/mol. The van der Waals surface area contributed by atoms with Gasteiger partial charge in [0.1, 0.15) is 6.54 Å². The average molecular weight is 484 g/mol. The first-order valence-electron chi connectivity index (χ1n) is 11.4. The molecule has 2 aromatic rings. The highest BCUT2D eigenvalue weighted by Crippen LogP contribution is 2.22. The van der Waals surface area contributed by atoms with Gasteiger partial charge in [-0.3, -0.25) is 19.7 Å². The van der Waals surface area contributed by atoms with Crippen LogP contribution in [0.3, 0.4) is 0 Å². The Morgan fingerprint density at radius 1 is 1.20 bits per heavy atom. The maximum Gasteiger partial charge on any atom is 0.338 e. The molecule has 2 amide bonds. The second-order valence-electron chi connectivity index (χ2n) is 8.36. The fraction of sp³-hybridized carbons (Fsp3) is 0.400. The number of nitro groups is 1. The third-order valence-electron chi connectivity index (χ3n) is 5.84. The summed E-state index contributed by atoms with van der Waals surface area (Å²) in [6, 6.07) is 8.94. The van der Waals surface area contributed by atoms with Gasteiger partial charge in [0, 0.05) is 36.5 Å². The van der Waals surface area contributed by atoms with Crippen molar-refractivity contribution >= 4 is 29.2 Å². The van der Waals surface area contributed by atoms with Gasteiger partial charge in [-0.15, -0.1) is 0 Å². The van der Waals surface area contributed by atoms with Gasteiger partial charge >= 0.3 is 5.97 Å². The second kappa shape index (κ2) is 11.6. The fourth-order valence-corrected chi connectivity index (χ4v) is 3.86. The van der Waals surface area contributed by atoms with Crippen LogP contribution < -0.4 is 5.32 Å². The molecular formula is C25H29N3O7. The van der Waals surface area contributed by atoms with Gasteiger partial charge < -0.3 is 19.7 Å². The molecule has 10 nitrogen and oxygen atoms in total. The molecule has 1 atom stereocenters. The zero-order valence-corrected chi connectivity index (χ0v) is 20.0. The fourth-order valence-electron chi connectivity index (χ4n) is 3.86. The highest BCUT2D eigenvalue weighted by atomic mass is 16.6. The summed E-state index contributed by atoms with van der Waals surface area (Å²) in [6.07, 6.45) is 1.31. The van der Waals surface area contributed by atoms with Crippen molar-refractivity contribution in [3.63, 3.8) is 0 Å². The molecule has 1 aliphatic heterocycles. The zero-order chi connectivity index (χ0) is 25.5. The van der Waals surface area contributed by atoms with Crippen LogP contribution in [0.2, 0.25) is 0 Å². The first kappa shape index (κ1) is 25.8. The van der Waals surface area contributed by atoms with Gasteiger partial charge in [-0.2, -0.15) is 0 Å². The van der Waals surface area contributed by atoms with E-state index in [1.165, 1.54) is 11.0 Å². The van der Waals surface area contributed by atoms with E-state index in [2.05, 4.69) is 5.32 Å². The second-order valence-corrected chi connectivity index (χ2v) is 8.36. The van der Waals surface area contributed by atoms with Gasteiger partial charge in [-0.05, 0) is 56.9 Å². The van der Waals surface area contributed by atoms with Crippen molar-refractivity contribution in [2.24, 2.45) is 0 Å². The molecule has 0 aliphatic carbocycles. The highest BCUT2D eigenvalue weighted by molar-refractivity contribution is 6.02. The molecule has 35 heavy (non-hydrogen) atoms. The van der Waals surface area contributed by atoms with Gasteiger partial charge in [-0.25, -0.2) is 4.79 Å². The number of carbonyl (C=O) groups excluding carboxylic acids is 3. The molecule has 0 aromatic heterocycles. The molecule has 0 unspecified atom stereocenters. The van der Waals surface area contributed by atoms with E-state index in [4.69, 9.17) is 9.47 Å². The molecule has 3 rings (SSSR count). The summed E-state index contributed by atoms with van der Waals surface area (Å²) in [5.41, 5.74) is 1.95. The summed E-state index contributed by atoms with van der Waals surface area (Å²) in [5.74, 6) is -1.81. The number of amides is 2. The smallest absolute Gasteiger partial charge is 0.338 e. The van der Waals surface area contributed by atoms with Gasteiger partial charge in [0.15, 0.2) is 0 Å². The SMILES string of the molecule is CCOC(=O)c1cc(C(=O)N(CC(=O)Nc2cccc(C)c2C)C[C@H]2CCCO2)cc([N+](=O)[O-])c1. The van der Waals surface area contributed by atoms with E-state index in [0.717, 1.165) is 36.1 Å². The lowest BCUT2D eigenvalue weighted by Gasteiger charge is -2.25. The van der Waals surface area contributed by atoms with Crippen molar-refractivity contribution < 1.29 is 28.8 Å². The minimum Gasteiger partial charge on any atom is -0.462 e. The van der Waals surface area contributed by atoms with Crippen LogP contribution in [-0.2, 0) is 14.3 Å². The van der Waals surface area contributed by atoms with Crippen LogP contribution in [-0.4, -0.2) is 60.0 Å². The van der Waals surface area contributed by atoms with Gasteiger partial charge in [0.25, 0.3) is 11.6 Å². The first-order valence-corrected chi connectivity index (χ1v) is 11.4. The van der Waals surface area contributed by atoms with E-state index in [0.29, 0.717) is 12.3 Å². The summed E-state index contributed by atoms with van der Waals surface area (Å²) in [6.45, 7) is 5.92. The first-order chi connectivity index (χ1) is 16.7. The van der Waals surface area contributed by atoms with Crippen LogP contribution in [0.15, 0.2) is 36.4 Å². The summed E-state index contributed by atoms with van der Waals surface area (Å²) in [7, 11) is 0. The number of esters is 1. The third-order valence-corrected chi connectivity index (χ3v) is 5.84. The van der Waals surface area contributed by atoms with E-state index in [1.54, 1.807) is 13.0 Å². The van der Waals surface area contributed by atoms with Crippen LogP contribution >= 0.6 is 0 Å². The Morgan fingerprint density at radius 2 is 1.94 bits per heavy atom. The average Bonchev–Trinajstić information content (AvgIpc) is 3.34. The molecule has 10 heteroatoms. The molecule has 0 saturated carbocycles. The number of non-ortho nitro benzene ring substituents is 1. The van der Waals surface area contributed by atoms with E-state index < -0.39 is 28.4 Å². The van der Waals surface area contributed by atoms with Gasteiger partial charge in [0.05, 0.1) is 23.2 Å². The van der Waals surface area contributed by atoms with E-state index in [-0.39, 0.29) is 36.9 Å². The lowest BCUT2D eigenvalue weighted by atomic mass is 10.1. The molecule has 0 spiro atoms. The normalized spacial score (nSPS) is 14.9. The number of nitrogens with one attached hydrogen (secondary N) is 1. The van der Waals surface area contributed by atoms with E-state index in [9.17, 15) is 24.5 Å². The summed E-state index contributed by atoms with van der Waals surface area (Å²) < 4.78 is 10.6. The van der Waals surface area contributed by atoms with Gasteiger partial charge in [-0.1, -0.05) is 12.1 Å². The van der Waals surface area contributed by atoms with Crippen molar-refractivity contribution in [1.29, 1.82) is 0 Å². The molecule has 1 heterocycles. The Balaban J connectivity index is 1.89. The van der Waals surface area contributed by atoms with Crippen LogP contribution in [0.1, 0.15) is 51.6 Å². The molecular weight excluding hydrogens is 454 g/mol. The molecule has 0 radical (unpaired) electrons. The number of rotatable bonds is 9. The van der Waals surface area contributed by atoms with Crippen LogP contribution in [0.5, 0.6) is 0 Å². The predicted molar refractivity (Wildman–Crippen MR) is 128 cm³/mol. The van der Waals surface area contributed by atoms with E-state index in [1.807, 2.05) is 26.0 Å². The number of hydrogen-bond donors (Lipinski definition) is 1. The lowest BCUT2D eigenvalue weighted by Crippen LogP contribution is -2.42. The van der Waals surface area contributed by atoms with Crippen LogP contribution in [0.4, 0.5) is 11.4 Å². The predicted octanol–water partition coefficient (Wildman–Crippen LogP) is 3.65. The Morgan fingerprint density at radius 3 is 2.60 bits per heavy atom. The number of carbonyl (C=O) groups is 3. The molecule has 0 bridgehead atoms. The van der Waals surface area contributed by atoms with Crippen LogP contribution in [0.25, 0.3) is 0 Å². The standard InChI is InChI=1S/C25H29N3O7/c1-4-34-25(31)19-11-18(12-20(13-19)28(32)33)24(30)27(14-21-8-6-10-35-21)15-23(29)26-22-9-5-7-16(2)17(22)3/h5,7,9,11-13,21H,4,6,8,10,14-15H2,1-3H3,(H,26,29)/t21-/m1/s1. The number of nitrogens with zero attached hydrogens (tertiary/aromatic N) is 2. The minimum atomic E-state index is -0.774. The zero-order valence-electron chi connectivity index (χ0n) is 20.0. The maximum absolute atomic E-state index is 13.5. The molecule has 186 valence electrons. The lowest BCUT2D eigenvalue weighted by molar-refractivity contribution is -0.384. The van der Waals surface area contributed by atoms with Crippen molar-refractivity contribution in [1.82, 2.24) is 4.90 Å². The Bertz CT molecular complexity index is 1130. The summed E-state index contributed by atoms with van der Waals surface area (Å²) >= 11 is 0. The number of anilines is 1. The molecule has 2 aromatic carbocycles. The third kappa shape index (κ3) is 6.63. The topological polar surface area (TPSA) is 128 Å². The van der Waals surface area contributed by atoms with E-state index >= 15 is 0 Å². The molecule has 1 N–H and O–H groups in total. The Hall–Kier alpha value is -3.79. The van der Waals surface area contributed by atoms with Crippen molar-refractivity contribution in [2.45, 2.75) is 39.7 Å². The number of hydrogen-bond acceptors (Lipinski definition) is 7. The van der Waals surface area contributed by atoms with Crippen molar-refractivity contribution in [3.8, 4) is 0 Å². The molecule has 1 aliphatic rings. The molecule has 1 fully saturated rings. The number of benzene rings is 2. The number of ether oxygens (including phenoxy) is 2. The maximum atomic E-state index is 13.5. The highest BCUT2D eigenvalue weighted by Gasteiger charge is 2.27. The molecule has 1 saturated heterocycles. The van der Waals surface area contributed by atoms with Crippen LogP contribution in [0, 0.1) is 24.0 Å². The largest absolute Gasteiger partial charge is 0.462 e. The van der Waals surface area contributed by atoms with Gasteiger partial charge in [0.2, 0.25) is 5.91 Å². The van der Waals surface area contributed by atoms with Crippen molar-refractivity contribution in [3.05, 3.63) is 68.8 Å². The Kier molecular flexibility index (Phi) is 8.53. The minimum absolute atomic E-state index is 0.0779. The Labute approximate surface area is 203 Å². The quantitative estimate of drug-likeness (QED) is 0.327. The number of nitro benzene ring substituents is 1.